The van der Waals surface area contributed by atoms with Crippen LogP contribution in [-0.2, 0) is 0 Å². The number of ether oxygens (including phenoxy) is 2. The number of hydrogen-bond acceptors (Lipinski definition) is 6. The number of pyridine rings is 1. The van der Waals surface area contributed by atoms with Crippen LogP contribution in [0.5, 0.6) is 17.2 Å². The molecule has 2 heterocycles. The van der Waals surface area contributed by atoms with Crippen LogP contribution in [0.15, 0.2) is 47.5 Å². The lowest BCUT2D eigenvalue weighted by Crippen LogP contribution is -2.23. The first-order chi connectivity index (χ1) is 14.8. The summed E-state index contributed by atoms with van der Waals surface area (Å²) < 4.78 is 26.1. The predicted octanol–water partition coefficient (Wildman–Crippen LogP) is 3.64. The highest BCUT2D eigenvalue weighted by atomic mass is 19.1. The maximum atomic E-state index is 14.4. The lowest BCUT2D eigenvalue weighted by atomic mass is 10.1. The quantitative estimate of drug-likeness (QED) is 0.620. The van der Waals surface area contributed by atoms with Gasteiger partial charge in [0.2, 0.25) is 0 Å². The van der Waals surface area contributed by atoms with Crippen LogP contribution in [-0.4, -0.2) is 46.0 Å². The number of aromatic nitrogens is 3. The summed E-state index contributed by atoms with van der Waals surface area (Å²) in [6.45, 7) is 3.92. The molecular weight excluding hydrogens is 403 g/mol. The molecule has 3 aromatic rings. The lowest BCUT2D eigenvalue weighted by molar-refractivity contribution is 0.0817. The largest absolute Gasteiger partial charge is 0.491 e. The number of rotatable bonds is 7. The summed E-state index contributed by atoms with van der Waals surface area (Å²) in [4.78, 5) is 35.6. The summed E-state index contributed by atoms with van der Waals surface area (Å²) in [5.74, 6) is -0.0691. The summed E-state index contributed by atoms with van der Waals surface area (Å²) in [6, 6.07) is 7.42. The molecule has 0 saturated heterocycles. The molecule has 0 spiro atoms. The Balaban J connectivity index is 1.97. The van der Waals surface area contributed by atoms with Gasteiger partial charge in [-0.05, 0) is 25.5 Å². The summed E-state index contributed by atoms with van der Waals surface area (Å²) >= 11 is 0. The minimum Gasteiger partial charge on any atom is -0.491 e. The van der Waals surface area contributed by atoms with E-state index in [1.807, 2.05) is 13.8 Å². The number of aromatic amines is 1. The summed E-state index contributed by atoms with van der Waals surface area (Å²) in [7, 11) is 3.03. The molecule has 9 heteroatoms. The summed E-state index contributed by atoms with van der Waals surface area (Å²) in [5, 5.41) is 0. The topological polar surface area (TPSA) is 97.4 Å². The van der Waals surface area contributed by atoms with Crippen molar-refractivity contribution in [1.29, 1.82) is 0 Å². The smallest absolute Gasteiger partial charge is 0.274 e. The highest BCUT2D eigenvalue weighted by molar-refractivity contribution is 5.92. The minimum atomic E-state index is -0.794. The van der Waals surface area contributed by atoms with Crippen molar-refractivity contribution in [3.63, 3.8) is 0 Å². The van der Waals surface area contributed by atoms with Gasteiger partial charge in [-0.1, -0.05) is 6.92 Å². The van der Waals surface area contributed by atoms with E-state index < -0.39 is 11.7 Å². The third-order valence-corrected chi connectivity index (χ3v) is 4.40. The number of carbonyl (C=O) groups is 1. The van der Waals surface area contributed by atoms with Crippen LogP contribution < -0.4 is 15.0 Å². The van der Waals surface area contributed by atoms with Crippen molar-refractivity contribution >= 4 is 5.91 Å². The number of carbonyl (C=O) groups excluding carboxylic acids is 1. The zero-order valence-electron chi connectivity index (χ0n) is 17.7. The maximum Gasteiger partial charge on any atom is 0.274 e. The average Bonchev–Trinajstić information content (AvgIpc) is 2.73. The standard InChI is InChI=1S/C22H23FN4O4/c1-5-13(2)30-15-8-14(21-24-7-6-19(28)26-21)9-16(10-15)31-17-11-18(23)20(25-12-17)22(29)27(3)4/h6-13H,5H2,1-4H3,(H,24,26,28). The summed E-state index contributed by atoms with van der Waals surface area (Å²) in [6.07, 6.45) is 3.40. The highest BCUT2D eigenvalue weighted by Crippen LogP contribution is 2.32. The third-order valence-electron chi connectivity index (χ3n) is 4.40. The monoisotopic (exact) mass is 426 g/mol. The van der Waals surface area contributed by atoms with Crippen molar-refractivity contribution in [1.82, 2.24) is 19.9 Å². The molecule has 31 heavy (non-hydrogen) atoms. The van der Waals surface area contributed by atoms with E-state index in [-0.39, 0.29) is 23.1 Å². The Morgan fingerprint density at radius 1 is 1.16 bits per heavy atom. The third kappa shape index (κ3) is 5.44. The molecular formula is C22H23FN4O4. The minimum absolute atomic E-state index is 0.0543. The zero-order valence-corrected chi connectivity index (χ0v) is 17.7. The van der Waals surface area contributed by atoms with Crippen molar-refractivity contribution in [2.24, 2.45) is 0 Å². The van der Waals surface area contributed by atoms with E-state index >= 15 is 0 Å². The molecule has 1 aromatic carbocycles. The molecule has 0 fully saturated rings. The van der Waals surface area contributed by atoms with Crippen molar-refractivity contribution < 1.29 is 18.7 Å². The second kappa shape index (κ2) is 9.38. The first-order valence-electron chi connectivity index (χ1n) is 9.69. The molecule has 1 amide bonds. The van der Waals surface area contributed by atoms with Crippen LogP contribution in [0.25, 0.3) is 11.4 Å². The van der Waals surface area contributed by atoms with Gasteiger partial charge in [-0.25, -0.2) is 14.4 Å². The number of benzene rings is 1. The Morgan fingerprint density at radius 2 is 1.90 bits per heavy atom. The van der Waals surface area contributed by atoms with Gasteiger partial charge in [0.05, 0.1) is 12.3 Å². The number of halogens is 1. The van der Waals surface area contributed by atoms with E-state index in [1.165, 1.54) is 37.5 Å². The fourth-order valence-electron chi connectivity index (χ4n) is 2.65. The van der Waals surface area contributed by atoms with Crippen LogP contribution in [0.3, 0.4) is 0 Å². The number of H-pyrrole nitrogens is 1. The Bertz CT molecular complexity index is 1150. The Morgan fingerprint density at radius 3 is 2.55 bits per heavy atom. The second-order valence-corrected chi connectivity index (χ2v) is 7.12. The number of nitrogens with zero attached hydrogens (tertiary/aromatic N) is 3. The Kier molecular flexibility index (Phi) is 6.64. The molecule has 2 aromatic heterocycles. The second-order valence-electron chi connectivity index (χ2n) is 7.12. The predicted molar refractivity (Wildman–Crippen MR) is 113 cm³/mol. The molecule has 1 atom stereocenters. The number of hydrogen-bond donors (Lipinski definition) is 1. The van der Waals surface area contributed by atoms with Gasteiger partial charge in [0.15, 0.2) is 11.5 Å². The maximum absolute atomic E-state index is 14.4. The van der Waals surface area contributed by atoms with Gasteiger partial charge < -0.3 is 19.4 Å². The van der Waals surface area contributed by atoms with E-state index in [1.54, 1.807) is 18.2 Å². The van der Waals surface area contributed by atoms with Crippen molar-refractivity contribution in [2.45, 2.75) is 26.4 Å². The van der Waals surface area contributed by atoms with Crippen LogP contribution in [0.4, 0.5) is 4.39 Å². The molecule has 0 aliphatic heterocycles. The van der Waals surface area contributed by atoms with E-state index in [0.717, 1.165) is 12.5 Å². The molecule has 0 aliphatic carbocycles. The zero-order chi connectivity index (χ0) is 22.5. The van der Waals surface area contributed by atoms with Crippen molar-refractivity contribution in [3.8, 4) is 28.6 Å². The fourth-order valence-corrected chi connectivity index (χ4v) is 2.65. The molecule has 0 aliphatic rings. The number of amides is 1. The van der Waals surface area contributed by atoms with Gasteiger partial charge >= 0.3 is 0 Å². The number of nitrogens with one attached hydrogen (secondary N) is 1. The van der Waals surface area contributed by atoms with E-state index in [9.17, 15) is 14.0 Å². The van der Waals surface area contributed by atoms with Crippen LogP contribution in [0.2, 0.25) is 0 Å². The van der Waals surface area contributed by atoms with E-state index in [0.29, 0.717) is 22.9 Å². The highest BCUT2D eigenvalue weighted by Gasteiger charge is 2.17. The SMILES string of the molecule is CCC(C)Oc1cc(Oc2cnc(C(=O)N(C)C)c(F)c2)cc(-c2nccc(=O)[nH]2)c1. The average molecular weight is 426 g/mol. The first-order valence-corrected chi connectivity index (χ1v) is 9.69. The molecule has 3 rings (SSSR count). The van der Waals surface area contributed by atoms with Crippen LogP contribution >= 0.6 is 0 Å². The molecule has 0 radical (unpaired) electrons. The molecule has 1 N–H and O–H groups in total. The van der Waals surface area contributed by atoms with Gasteiger partial charge in [0, 0.05) is 44.1 Å². The molecule has 162 valence electrons. The molecule has 1 unspecified atom stereocenters. The van der Waals surface area contributed by atoms with Crippen LogP contribution in [0.1, 0.15) is 30.8 Å². The van der Waals surface area contributed by atoms with E-state index in [2.05, 4.69) is 15.0 Å². The van der Waals surface area contributed by atoms with Crippen molar-refractivity contribution in [3.05, 3.63) is 64.6 Å². The Labute approximate surface area is 178 Å². The summed E-state index contributed by atoms with van der Waals surface area (Å²) in [5.41, 5.74) is -0.0348. The molecule has 0 saturated carbocycles. The van der Waals surface area contributed by atoms with Crippen molar-refractivity contribution in [2.75, 3.05) is 14.1 Å². The first kappa shape index (κ1) is 21.9. The van der Waals surface area contributed by atoms with E-state index in [4.69, 9.17) is 9.47 Å². The van der Waals surface area contributed by atoms with Crippen LogP contribution in [0, 0.1) is 5.82 Å². The molecule has 0 bridgehead atoms. The van der Waals surface area contributed by atoms with Gasteiger partial charge in [-0.3, -0.25) is 9.59 Å². The molecule has 8 nitrogen and oxygen atoms in total. The van der Waals surface area contributed by atoms with Gasteiger partial charge in [0.25, 0.3) is 11.5 Å². The van der Waals surface area contributed by atoms with Gasteiger partial charge in [0.1, 0.15) is 23.1 Å². The van der Waals surface area contributed by atoms with Gasteiger partial charge in [-0.2, -0.15) is 0 Å². The Hall–Kier alpha value is -3.75. The lowest BCUT2D eigenvalue weighted by Gasteiger charge is -2.16. The fraction of sp³-hybridized carbons (Fsp3) is 0.273. The van der Waals surface area contributed by atoms with Gasteiger partial charge in [-0.15, -0.1) is 0 Å². The normalized spacial score (nSPS) is 11.6.